The number of ether oxygens (including phenoxy) is 1. The molecule has 0 spiro atoms. The Labute approximate surface area is 144 Å². The minimum absolute atomic E-state index is 0. The van der Waals surface area contributed by atoms with E-state index in [1.54, 1.807) is 4.57 Å². The van der Waals surface area contributed by atoms with Gasteiger partial charge in [-0.15, -0.1) is 0 Å². The summed E-state index contributed by atoms with van der Waals surface area (Å²) in [4.78, 5) is 14.1. The zero-order chi connectivity index (χ0) is 16.1. The second-order valence-corrected chi connectivity index (χ2v) is 4.95. The Hall–Kier alpha value is -2.02. The van der Waals surface area contributed by atoms with Gasteiger partial charge >= 0.3 is 6.61 Å². The molecule has 4 nitrogen and oxygen atoms in total. The average Bonchev–Trinajstić information content (AvgIpc) is 2.48. The van der Waals surface area contributed by atoms with Gasteiger partial charge < -0.3 is 26.6 Å². The first-order valence-electron chi connectivity index (χ1n) is 6.70. The molecule has 0 fully saturated rings. The monoisotopic (exact) mass is 386 g/mol. The van der Waals surface area contributed by atoms with Gasteiger partial charge in [0, 0.05) is 37.5 Å². The summed E-state index contributed by atoms with van der Waals surface area (Å²) in [6, 6.07) is 9.50. The van der Waals surface area contributed by atoms with Crippen LogP contribution in [-0.2, 0) is 6.54 Å². The number of ketones is 1. The van der Waals surface area contributed by atoms with Crippen LogP contribution in [-0.4, -0.2) is 26.5 Å². The van der Waals surface area contributed by atoms with E-state index in [2.05, 4.69) is 4.74 Å². The van der Waals surface area contributed by atoms with Gasteiger partial charge in [0.1, 0.15) is 5.75 Å². The molecule has 124 valence electrons. The number of hydrogen-bond acceptors (Lipinski definition) is 3. The lowest BCUT2D eigenvalue weighted by atomic mass is 10.1. The van der Waals surface area contributed by atoms with Gasteiger partial charge in [0.25, 0.3) is 0 Å². The minimum atomic E-state index is -2.87. The number of aromatic nitrogens is 1. The Balaban J connectivity index is 0.00000264. The minimum Gasteiger partial charge on any atom is -1.00 e. The number of Topliss-reactive ketones (excluding diaryl/α,β-unsaturated/α-hetero) is 1. The Morgan fingerprint density at radius 2 is 1.70 bits per heavy atom. The van der Waals surface area contributed by atoms with E-state index in [9.17, 15) is 13.6 Å². The maximum absolute atomic E-state index is 12.1. The van der Waals surface area contributed by atoms with Crippen LogP contribution in [0.15, 0.2) is 48.8 Å². The third kappa shape index (κ3) is 5.59. The summed E-state index contributed by atoms with van der Waals surface area (Å²) in [7, 11) is 3.88. The van der Waals surface area contributed by atoms with Crippen molar-refractivity contribution in [1.82, 2.24) is 0 Å². The Bertz CT molecular complexity index is 632. The summed E-state index contributed by atoms with van der Waals surface area (Å²) in [6.07, 6.45) is 3.64. The van der Waals surface area contributed by atoms with E-state index in [0.29, 0.717) is 5.56 Å². The molecule has 7 heteroatoms. The number of nitrogens with zero attached hydrogens (tertiary/aromatic N) is 2. The van der Waals surface area contributed by atoms with Crippen molar-refractivity contribution >= 4 is 11.5 Å². The molecule has 1 aromatic carbocycles. The molecule has 0 saturated heterocycles. The molecule has 2 aromatic rings. The summed E-state index contributed by atoms with van der Waals surface area (Å²) in [6.45, 7) is -2.68. The van der Waals surface area contributed by atoms with Crippen LogP contribution in [0.4, 0.5) is 14.5 Å². The van der Waals surface area contributed by atoms with Gasteiger partial charge in [0.05, 0.1) is 0 Å². The summed E-state index contributed by atoms with van der Waals surface area (Å²) in [5, 5.41) is 0. The van der Waals surface area contributed by atoms with Crippen molar-refractivity contribution < 1.29 is 39.9 Å². The lowest BCUT2D eigenvalue weighted by molar-refractivity contribution is -0.683. The highest BCUT2D eigenvalue weighted by molar-refractivity contribution is 5.95. The van der Waals surface area contributed by atoms with Crippen LogP contribution in [0.1, 0.15) is 10.4 Å². The maximum atomic E-state index is 12.1. The average molecular weight is 387 g/mol. The SMILES string of the molecule is CN(C)c1cc[n+](CC(=O)c2ccc(OC(F)F)cc2)cc1.[Br-]. The highest BCUT2D eigenvalue weighted by Crippen LogP contribution is 2.15. The summed E-state index contributed by atoms with van der Waals surface area (Å²) in [5.74, 6) is -0.0688. The Morgan fingerprint density at radius 1 is 1.13 bits per heavy atom. The second-order valence-electron chi connectivity index (χ2n) is 4.95. The lowest BCUT2D eigenvalue weighted by Gasteiger charge is -2.10. The first kappa shape index (κ1) is 19.0. The predicted octanol–water partition coefficient (Wildman–Crippen LogP) is -0.472. The van der Waals surface area contributed by atoms with E-state index >= 15 is 0 Å². The molecule has 0 atom stereocenters. The van der Waals surface area contributed by atoms with Gasteiger partial charge in [-0.3, -0.25) is 4.79 Å². The fourth-order valence-electron chi connectivity index (χ4n) is 1.93. The Kier molecular flexibility index (Phi) is 7.09. The topological polar surface area (TPSA) is 33.4 Å². The number of rotatable bonds is 6. The molecule has 0 amide bonds. The highest BCUT2D eigenvalue weighted by atomic mass is 79.9. The first-order valence-corrected chi connectivity index (χ1v) is 6.70. The molecule has 0 aliphatic carbocycles. The van der Waals surface area contributed by atoms with E-state index in [-0.39, 0.29) is 35.1 Å². The molecule has 0 aliphatic heterocycles. The molecular formula is C16H17BrF2N2O2. The largest absolute Gasteiger partial charge is 1.00 e. The van der Waals surface area contributed by atoms with Crippen molar-refractivity contribution in [1.29, 1.82) is 0 Å². The molecule has 0 bridgehead atoms. The molecule has 0 radical (unpaired) electrons. The van der Waals surface area contributed by atoms with Crippen molar-refractivity contribution in [2.45, 2.75) is 13.2 Å². The van der Waals surface area contributed by atoms with Crippen molar-refractivity contribution in [3.05, 3.63) is 54.4 Å². The normalized spacial score (nSPS) is 10.1. The van der Waals surface area contributed by atoms with Gasteiger partial charge in [0.2, 0.25) is 12.3 Å². The number of alkyl halides is 2. The number of carbonyl (C=O) groups is 1. The van der Waals surface area contributed by atoms with E-state index in [0.717, 1.165) is 5.69 Å². The molecule has 0 unspecified atom stereocenters. The van der Waals surface area contributed by atoms with Gasteiger partial charge in [-0.25, -0.2) is 0 Å². The third-order valence-corrected chi connectivity index (χ3v) is 3.12. The molecule has 0 N–H and O–H groups in total. The van der Waals surface area contributed by atoms with Crippen LogP contribution in [0.2, 0.25) is 0 Å². The van der Waals surface area contributed by atoms with Gasteiger partial charge in [-0.05, 0) is 24.3 Å². The number of anilines is 1. The van der Waals surface area contributed by atoms with Crippen LogP contribution < -0.4 is 31.2 Å². The van der Waals surface area contributed by atoms with Gasteiger partial charge in [-0.1, -0.05) is 0 Å². The van der Waals surface area contributed by atoms with Crippen molar-refractivity contribution in [2.24, 2.45) is 0 Å². The highest BCUT2D eigenvalue weighted by Gasteiger charge is 2.13. The van der Waals surface area contributed by atoms with E-state index < -0.39 is 6.61 Å². The third-order valence-electron chi connectivity index (χ3n) is 3.12. The lowest BCUT2D eigenvalue weighted by Crippen LogP contribution is -3.00. The van der Waals surface area contributed by atoms with Crippen molar-refractivity contribution in [3.8, 4) is 5.75 Å². The zero-order valence-corrected chi connectivity index (χ0v) is 14.3. The van der Waals surface area contributed by atoms with E-state index in [4.69, 9.17) is 0 Å². The summed E-state index contributed by atoms with van der Waals surface area (Å²) in [5.41, 5.74) is 1.49. The predicted molar refractivity (Wildman–Crippen MR) is 78.4 cm³/mol. The number of carbonyl (C=O) groups excluding carboxylic acids is 1. The Morgan fingerprint density at radius 3 is 2.17 bits per heavy atom. The number of hydrogen-bond donors (Lipinski definition) is 0. The van der Waals surface area contributed by atoms with Gasteiger partial charge in [0.15, 0.2) is 12.4 Å². The standard InChI is InChI=1S/C16H17F2N2O2.BrH/c1-19(2)13-7-9-20(10-8-13)11-15(21)12-3-5-14(6-4-12)22-16(17)18;/h3-10,16H,11H2,1-2H3;1H/q+1;/p-1. The van der Waals surface area contributed by atoms with Crippen LogP contribution in [0, 0.1) is 0 Å². The van der Waals surface area contributed by atoms with Gasteiger partial charge in [-0.2, -0.15) is 13.3 Å². The van der Waals surface area contributed by atoms with E-state index in [1.807, 2.05) is 43.5 Å². The summed E-state index contributed by atoms with van der Waals surface area (Å²) >= 11 is 0. The van der Waals surface area contributed by atoms with Crippen LogP contribution in [0.25, 0.3) is 0 Å². The molecular weight excluding hydrogens is 370 g/mol. The zero-order valence-electron chi connectivity index (χ0n) is 12.7. The first-order chi connectivity index (χ1) is 10.5. The maximum Gasteiger partial charge on any atom is 0.387 e. The molecule has 0 saturated carbocycles. The number of halogens is 3. The fourth-order valence-corrected chi connectivity index (χ4v) is 1.93. The van der Waals surface area contributed by atoms with Crippen LogP contribution in [0.5, 0.6) is 5.75 Å². The fraction of sp³-hybridized carbons (Fsp3) is 0.250. The smallest absolute Gasteiger partial charge is 0.387 e. The van der Waals surface area contributed by atoms with Crippen LogP contribution in [0.3, 0.4) is 0 Å². The van der Waals surface area contributed by atoms with E-state index in [1.165, 1.54) is 24.3 Å². The quantitative estimate of drug-likeness (QED) is 0.497. The molecule has 2 rings (SSSR count). The molecule has 0 aliphatic rings. The van der Waals surface area contributed by atoms with Crippen molar-refractivity contribution in [3.63, 3.8) is 0 Å². The molecule has 23 heavy (non-hydrogen) atoms. The molecule has 1 aromatic heterocycles. The number of benzene rings is 1. The van der Waals surface area contributed by atoms with Crippen molar-refractivity contribution in [2.75, 3.05) is 19.0 Å². The number of pyridine rings is 1. The molecule has 1 heterocycles. The second kappa shape index (κ2) is 8.57. The van der Waals surface area contributed by atoms with Crippen LogP contribution >= 0.6 is 0 Å². The summed E-state index contributed by atoms with van der Waals surface area (Å²) < 4.78 is 30.1.